The van der Waals surface area contributed by atoms with Crippen LogP contribution in [0.2, 0.25) is 0 Å². The van der Waals surface area contributed by atoms with Gasteiger partial charge in [0.25, 0.3) is 0 Å². The van der Waals surface area contributed by atoms with Gasteiger partial charge in [-0.1, -0.05) is 13.8 Å². The maximum atomic E-state index is 12.3. The van der Waals surface area contributed by atoms with Gasteiger partial charge in [-0.3, -0.25) is 9.36 Å². The number of nitrogens with one attached hydrogen (secondary N) is 1. The molecule has 1 aliphatic heterocycles. The molecule has 11 nitrogen and oxygen atoms in total. The summed E-state index contributed by atoms with van der Waals surface area (Å²) in [5.74, 6) is -0.295. The average molecular weight is 365 g/mol. The van der Waals surface area contributed by atoms with Gasteiger partial charge in [-0.15, -0.1) is 0 Å². The first-order valence-electron chi connectivity index (χ1n) is 8.28. The van der Waals surface area contributed by atoms with E-state index in [4.69, 9.17) is 16.2 Å². The summed E-state index contributed by atoms with van der Waals surface area (Å²) < 4.78 is 7.23. The summed E-state index contributed by atoms with van der Waals surface area (Å²) in [4.78, 5) is 24.4. The van der Waals surface area contributed by atoms with Crippen LogP contribution in [0.4, 0.5) is 5.82 Å². The van der Waals surface area contributed by atoms with Crippen LogP contribution in [-0.4, -0.2) is 66.5 Å². The van der Waals surface area contributed by atoms with E-state index in [0.29, 0.717) is 11.2 Å². The van der Waals surface area contributed by atoms with Gasteiger partial charge in [-0.05, 0) is 5.92 Å². The third-order valence-electron chi connectivity index (χ3n) is 4.55. The van der Waals surface area contributed by atoms with E-state index in [9.17, 15) is 15.0 Å². The Morgan fingerprint density at radius 1 is 1.42 bits per heavy atom. The molecule has 0 saturated carbocycles. The van der Waals surface area contributed by atoms with E-state index in [1.165, 1.54) is 17.2 Å². The van der Waals surface area contributed by atoms with Gasteiger partial charge in [0.15, 0.2) is 17.7 Å². The van der Waals surface area contributed by atoms with Crippen LogP contribution in [0.15, 0.2) is 12.7 Å². The van der Waals surface area contributed by atoms with Crippen molar-refractivity contribution in [1.82, 2.24) is 24.8 Å². The Hall–Kier alpha value is -2.34. The van der Waals surface area contributed by atoms with Crippen LogP contribution in [0.3, 0.4) is 0 Å². The Bertz CT molecular complexity index is 795. The molecule has 2 aromatic rings. The molecule has 7 N–H and O–H groups in total. The first-order valence-corrected chi connectivity index (χ1v) is 8.28. The molecule has 0 aliphatic carbocycles. The molecule has 26 heavy (non-hydrogen) atoms. The fourth-order valence-electron chi connectivity index (χ4n) is 2.93. The minimum Gasteiger partial charge on any atom is -0.394 e. The lowest BCUT2D eigenvalue weighted by Gasteiger charge is -2.24. The molecule has 0 aromatic carbocycles. The summed E-state index contributed by atoms with van der Waals surface area (Å²) in [6, 6.07) is -1.57. The van der Waals surface area contributed by atoms with Crippen LogP contribution in [0.25, 0.3) is 11.2 Å². The molecular weight excluding hydrogens is 342 g/mol. The van der Waals surface area contributed by atoms with E-state index < -0.39 is 36.4 Å². The van der Waals surface area contributed by atoms with Gasteiger partial charge in [0, 0.05) is 0 Å². The van der Waals surface area contributed by atoms with Crippen molar-refractivity contribution in [1.29, 1.82) is 0 Å². The molecule has 1 saturated heterocycles. The fraction of sp³-hybridized carbons (Fsp3) is 0.600. The Morgan fingerprint density at radius 3 is 2.81 bits per heavy atom. The van der Waals surface area contributed by atoms with Crippen LogP contribution in [0.1, 0.15) is 20.1 Å². The molecular formula is C15H23N7O4. The Kier molecular flexibility index (Phi) is 5.05. The van der Waals surface area contributed by atoms with Crippen LogP contribution >= 0.6 is 0 Å². The van der Waals surface area contributed by atoms with Crippen molar-refractivity contribution in [2.45, 2.75) is 44.4 Å². The highest BCUT2D eigenvalue weighted by atomic mass is 16.5. The standard InChI is InChI=1S/C15H23N7O4/c1-6(2)8(16)14(25)21-9-7(3-23)26-15(11(9)24)22-5-20-10-12(17)18-4-19-13(10)22/h4-9,11,15,23-24H,3,16H2,1-2H3,(H,21,25)(H2,17,18,19)/t7-,8?,9?,11?,15-/m1/s1. The fourth-order valence-corrected chi connectivity index (χ4v) is 2.93. The quantitative estimate of drug-likeness (QED) is 0.406. The first-order chi connectivity index (χ1) is 12.3. The summed E-state index contributed by atoms with van der Waals surface area (Å²) in [7, 11) is 0. The lowest BCUT2D eigenvalue weighted by molar-refractivity contribution is -0.125. The van der Waals surface area contributed by atoms with Crippen LogP contribution in [0, 0.1) is 5.92 Å². The number of amides is 1. The predicted molar refractivity (Wildman–Crippen MR) is 91.5 cm³/mol. The summed E-state index contributed by atoms with van der Waals surface area (Å²) in [5.41, 5.74) is 12.4. The van der Waals surface area contributed by atoms with Crippen molar-refractivity contribution in [2.75, 3.05) is 12.3 Å². The zero-order valence-corrected chi connectivity index (χ0v) is 14.5. The number of imidazole rings is 1. The molecule has 1 amide bonds. The highest BCUT2D eigenvalue weighted by Gasteiger charge is 2.46. The number of nitrogens with zero attached hydrogens (tertiary/aromatic N) is 4. The second-order valence-corrected chi connectivity index (χ2v) is 6.63. The number of aliphatic hydroxyl groups excluding tert-OH is 2. The lowest BCUT2D eigenvalue weighted by Crippen LogP contribution is -2.54. The molecule has 3 heterocycles. The van der Waals surface area contributed by atoms with Gasteiger partial charge in [-0.2, -0.15) is 0 Å². The number of aromatic nitrogens is 4. The monoisotopic (exact) mass is 365 g/mol. The number of hydrogen-bond donors (Lipinski definition) is 5. The van der Waals surface area contributed by atoms with E-state index in [0.717, 1.165) is 0 Å². The third kappa shape index (κ3) is 3.09. The largest absolute Gasteiger partial charge is 0.394 e. The highest BCUT2D eigenvalue weighted by Crippen LogP contribution is 2.32. The summed E-state index contributed by atoms with van der Waals surface area (Å²) in [6.07, 6.45) is -0.171. The van der Waals surface area contributed by atoms with E-state index >= 15 is 0 Å². The molecule has 0 radical (unpaired) electrons. The second-order valence-electron chi connectivity index (χ2n) is 6.63. The number of rotatable bonds is 5. The second kappa shape index (κ2) is 7.11. The molecule has 1 fully saturated rings. The minimum atomic E-state index is -1.15. The van der Waals surface area contributed by atoms with Crippen LogP contribution < -0.4 is 16.8 Å². The van der Waals surface area contributed by atoms with E-state index in [1.807, 2.05) is 13.8 Å². The molecule has 2 aromatic heterocycles. The average Bonchev–Trinajstić information content (AvgIpc) is 3.17. The van der Waals surface area contributed by atoms with Crippen molar-refractivity contribution in [3.05, 3.63) is 12.7 Å². The smallest absolute Gasteiger partial charge is 0.237 e. The zero-order valence-electron chi connectivity index (χ0n) is 14.5. The number of nitrogen functional groups attached to an aromatic ring is 1. The maximum absolute atomic E-state index is 12.3. The van der Waals surface area contributed by atoms with Gasteiger partial charge in [0.2, 0.25) is 5.91 Å². The first kappa shape index (κ1) is 18.5. The zero-order chi connectivity index (χ0) is 19.0. The number of ether oxygens (including phenoxy) is 1. The molecule has 5 atom stereocenters. The van der Waals surface area contributed by atoms with E-state index in [1.54, 1.807) is 0 Å². The number of nitrogens with two attached hydrogens (primary N) is 2. The number of aliphatic hydroxyl groups is 2. The summed E-state index contributed by atoms with van der Waals surface area (Å²) in [5, 5.41) is 23.0. The van der Waals surface area contributed by atoms with Crippen LogP contribution in [-0.2, 0) is 9.53 Å². The van der Waals surface area contributed by atoms with Gasteiger partial charge in [0.1, 0.15) is 24.1 Å². The van der Waals surface area contributed by atoms with Gasteiger partial charge < -0.3 is 31.7 Å². The molecule has 1 aliphatic rings. The maximum Gasteiger partial charge on any atom is 0.237 e. The van der Waals surface area contributed by atoms with Gasteiger partial charge in [0.05, 0.1) is 25.0 Å². The Morgan fingerprint density at radius 2 is 2.15 bits per heavy atom. The van der Waals surface area contributed by atoms with Crippen molar-refractivity contribution >= 4 is 22.9 Å². The number of fused-ring (bicyclic) bond motifs is 1. The normalized spacial score (nSPS) is 27.2. The topological polar surface area (TPSA) is 174 Å². The van der Waals surface area contributed by atoms with Gasteiger partial charge in [-0.25, -0.2) is 15.0 Å². The van der Waals surface area contributed by atoms with Crippen LogP contribution in [0.5, 0.6) is 0 Å². The Labute approximate surface area is 149 Å². The van der Waals surface area contributed by atoms with E-state index in [2.05, 4.69) is 20.3 Å². The van der Waals surface area contributed by atoms with E-state index in [-0.39, 0.29) is 18.3 Å². The molecule has 0 spiro atoms. The molecule has 0 bridgehead atoms. The molecule has 3 unspecified atom stereocenters. The Balaban J connectivity index is 1.86. The number of anilines is 1. The van der Waals surface area contributed by atoms with Crippen molar-refractivity contribution in [3.8, 4) is 0 Å². The highest BCUT2D eigenvalue weighted by molar-refractivity contribution is 5.82. The number of carbonyl (C=O) groups excluding carboxylic acids is 1. The molecule has 3 rings (SSSR count). The summed E-state index contributed by atoms with van der Waals surface area (Å²) in [6.45, 7) is 3.25. The third-order valence-corrected chi connectivity index (χ3v) is 4.55. The predicted octanol–water partition coefficient (Wildman–Crippen LogP) is -1.87. The molecule has 142 valence electrons. The number of carbonyl (C=O) groups is 1. The van der Waals surface area contributed by atoms with Crippen molar-refractivity contribution < 1.29 is 19.7 Å². The minimum absolute atomic E-state index is 0.0740. The van der Waals surface area contributed by atoms with Gasteiger partial charge >= 0.3 is 0 Å². The van der Waals surface area contributed by atoms with Crippen molar-refractivity contribution in [3.63, 3.8) is 0 Å². The lowest BCUT2D eigenvalue weighted by atomic mass is 10.0. The SMILES string of the molecule is CC(C)C(N)C(=O)NC1C(O)[C@H](n2cnc3c(N)ncnc32)O[C@@H]1CO. The van der Waals surface area contributed by atoms with Crippen molar-refractivity contribution in [2.24, 2.45) is 11.7 Å². The summed E-state index contributed by atoms with van der Waals surface area (Å²) >= 11 is 0. The molecule has 11 heteroatoms. The number of hydrogen-bond acceptors (Lipinski definition) is 9.